The van der Waals surface area contributed by atoms with E-state index in [9.17, 15) is 0 Å². The lowest BCUT2D eigenvalue weighted by atomic mass is 10.0. The minimum atomic E-state index is 0.449. The van der Waals surface area contributed by atoms with E-state index in [-0.39, 0.29) is 0 Å². The predicted molar refractivity (Wildman–Crippen MR) is 115 cm³/mol. The van der Waals surface area contributed by atoms with Crippen LogP contribution in [0.1, 0.15) is 43.0 Å². The minimum absolute atomic E-state index is 0.449. The quantitative estimate of drug-likeness (QED) is 0.596. The monoisotopic (exact) mass is 391 g/mol. The molecule has 1 aliphatic heterocycles. The molecular formula is C23H29N5O. The van der Waals surface area contributed by atoms with Crippen LogP contribution in [0.15, 0.2) is 53.2 Å². The first kappa shape index (κ1) is 19.6. The van der Waals surface area contributed by atoms with Gasteiger partial charge in [-0.3, -0.25) is 0 Å². The third-order valence-corrected chi connectivity index (χ3v) is 5.65. The molecule has 2 atom stereocenters. The Kier molecular flexibility index (Phi) is 6.22. The molecule has 1 saturated heterocycles. The van der Waals surface area contributed by atoms with Gasteiger partial charge in [0, 0.05) is 37.3 Å². The van der Waals surface area contributed by atoms with Gasteiger partial charge in [-0.25, -0.2) is 4.98 Å². The molecule has 0 aliphatic carbocycles. The van der Waals surface area contributed by atoms with Crippen molar-refractivity contribution in [2.24, 2.45) is 0 Å². The second-order valence-corrected chi connectivity index (χ2v) is 7.84. The van der Waals surface area contributed by atoms with Crippen LogP contribution in [0.5, 0.6) is 0 Å². The van der Waals surface area contributed by atoms with Gasteiger partial charge in [0.15, 0.2) is 5.76 Å². The van der Waals surface area contributed by atoms with Gasteiger partial charge < -0.3 is 20.9 Å². The maximum absolute atomic E-state index is 5.92. The molecule has 1 aliphatic rings. The van der Waals surface area contributed by atoms with E-state index in [1.165, 1.54) is 30.4 Å². The summed E-state index contributed by atoms with van der Waals surface area (Å²) in [5.41, 5.74) is 10.1. The number of rotatable bonds is 6. The van der Waals surface area contributed by atoms with Crippen molar-refractivity contribution in [3.05, 3.63) is 65.5 Å². The highest BCUT2D eigenvalue weighted by Gasteiger charge is 2.18. The number of nitrogens with zero attached hydrogens (tertiary/aromatic N) is 2. The summed E-state index contributed by atoms with van der Waals surface area (Å²) in [4.78, 5) is 4.10. The number of hydrogen-bond donors (Lipinski definition) is 3. The average molecular weight is 392 g/mol. The molecule has 1 aromatic carbocycles. The van der Waals surface area contributed by atoms with Crippen molar-refractivity contribution in [1.82, 2.24) is 20.8 Å². The van der Waals surface area contributed by atoms with Crippen molar-refractivity contribution in [2.75, 3.05) is 12.3 Å². The fourth-order valence-electron chi connectivity index (χ4n) is 3.87. The first-order valence-electron chi connectivity index (χ1n) is 10.4. The molecule has 2 unspecified atom stereocenters. The Labute approximate surface area is 171 Å². The highest BCUT2D eigenvalue weighted by molar-refractivity contribution is 5.69. The van der Waals surface area contributed by atoms with E-state index in [1.807, 2.05) is 18.2 Å². The summed E-state index contributed by atoms with van der Waals surface area (Å²) in [6, 6.07) is 15.4. The van der Waals surface area contributed by atoms with E-state index in [0.29, 0.717) is 23.7 Å². The van der Waals surface area contributed by atoms with Gasteiger partial charge in [0.05, 0.1) is 11.3 Å². The van der Waals surface area contributed by atoms with Crippen LogP contribution in [0.2, 0.25) is 0 Å². The lowest BCUT2D eigenvalue weighted by molar-refractivity contribution is 0.395. The Morgan fingerprint density at radius 1 is 1.17 bits per heavy atom. The third kappa shape index (κ3) is 5.02. The number of benzene rings is 1. The van der Waals surface area contributed by atoms with Crippen LogP contribution in [0.3, 0.4) is 0 Å². The molecule has 4 rings (SSSR count). The molecule has 0 saturated carbocycles. The molecular weight excluding hydrogens is 362 g/mol. The summed E-state index contributed by atoms with van der Waals surface area (Å²) in [6.45, 7) is 4.30. The first-order chi connectivity index (χ1) is 14.2. The van der Waals surface area contributed by atoms with Crippen LogP contribution in [0.25, 0.3) is 11.3 Å². The zero-order valence-corrected chi connectivity index (χ0v) is 16.9. The fraction of sp³-hybridized carbons (Fsp3) is 0.391. The van der Waals surface area contributed by atoms with Gasteiger partial charge in [-0.2, -0.15) is 0 Å². The van der Waals surface area contributed by atoms with Gasteiger partial charge in [-0.15, -0.1) is 0 Å². The zero-order valence-electron chi connectivity index (χ0n) is 16.9. The molecule has 29 heavy (non-hydrogen) atoms. The van der Waals surface area contributed by atoms with E-state index in [4.69, 9.17) is 10.3 Å². The topological polar surface area (TPSA) is 89.0 Å². The summed E-state index contributed by atoms with van der Waals surface area (Å²) in [5, 5.41) is 11.5. The molecule has 1 fully saturated rings. The van der Waals surface area contributed by atoms with Crippen molar-refractivity contribution in [2.45, 2.75) is 51.2 Å². The summed E-state index contributed by atoms with van der Waals surface area (Å²) >= 11 is 0. The van der Waals surface area contributed by atoms with Crippen molar-refractivity contribution in [3.8, 4) is 11.3 Å². The normalized spacial score (nSPS) is 19.8. The largest absolute Gasteiger partial charge is 0.383 e. The lowest BCUT2D eigenvalue weighted by Gasteiger charge is -2.23. The maximum Gasteiger partial charge on any atom is 0.170 e. The molecule has 0 radical (unpaired) electrons. The van der Waals surface area contributed by atoms with E-state index in [2.05, 4.69) is 52.0 Å². The molecule has 3 aromatic rings. The molecule has 6 heteroatoms. The smallest absolute Gasteiger partial charge is 0.170 e. The van der Waals surface area contributed by atoms with Crippen LogP contribution in [-0.2, 0) is 13.0 Å². The maximum atomic E-state index is 5.92. The van der Waals surface area contributed by atoms with Crippen molar-refractivity contribution in [1.29, 1.82) is 0 Å². The van der Waals surface area contributed by atoms with E-state index in [1.54, 1.807) is 6.20 Å². The SMILES string of the molecule is CC1NCCCCC1NCc1ccc(Cc2cc(-c3cccnc3N)on2)cc1. The Bertz CT molecular complexity index is 921. The Hall–Kier alpha value is -2.70. The summed E-state index contributed by atoms with van der Waals surface area (Å²) in [6.07, 6.45) is 6.19. The predicted octanol–water partition coefficient (Wildman–Crippen LogP) is 3.53. The highest BCUT2D eigenvalue weighted by atomic mass is 16.5. The number of pyridine rings is 1. The van der Waals surface area contributed by atoms with Gasteiger partial charge >= 0.3 is 0 Å². The number of nitrogens with two attached hydrogens (primary N) is 1. The van der Waals surface area contributed by atoms with Gasteiger partial charge in [-0.1, -0.05) is 35.8 Å². The van der Waals surface area contributed by atoms with E-state index < -0.39 is 0 Å². The summed E-state index contributed by atoms with van der Waals surface area (Å²) in [5.74, 6) is 1.10. The van der Waals surface area contributed by atoms with E-state index >= 15 is 0 Å². The van der Waals surface area contributed by atoms with Gasteiger partial charge in [0.2, 0.25) is 0 Å². The van der Waals surface area contributed by atoms with Crippen molar-refractivity contribution >= 4 is 5.82 Å². The van der Waals surface area contributed by atoms with Crippen LogP contribution < -0.4 is 16.4 Å². The molecule has 3 heterocycles. The molecule has 2 aromatic heterocycles. The molecule has 6 nitrogen and oxygen atoms in total. The zero-order chi connectivity index (χ0) is 20.1. The first-order valence-corrected chi connectivity index (χ1v) is 10.4. The molecule has 0 bridgehead atoms. The Morgan fingerprint density at radius 3 is 2.83 bits per heavy atom. The molecule has 4 N–H and O–H groups in total. The standard InChI is InChI=1S/C23H29N5O/c1-16-21(6-2-3-11-25-16)27-15-18-9-7-17(8-10-18)13-19-14-22(29-28-19)20-5-4-12-26-23(20)24/h4-5,7-10,12,14,16,21,25,27H,2-3,6,11,13,15H2,1H3,(H2,24,26). The average Bonchev–Trinajstić information content (AvgIpc) is 3.09. The summed E-state index contributed by atoms with van der Waals surface area (Å²) < 4.78 is 5.47. The van der Waals surface area contributed by atoms with Crippen LogP contribution >= 0.6 is 0 Å². The number of hydrogen-bond acceptors (Lipinski definition) is 6. The number of nitrogen functional groups attached to an aromatic ring is 1. The Balaban J connectivity index is 1.34. The third-order valence-electron chi connectivity index (χ3n) is 5.65. The number of anilines is 1. The Morgan fingerprint density at radius 2 is 2.00 bits per heavy atom. The van der Waals surface area contributed by atoms with Gasteiger partial charge in [0.25, 0.3) is 0 Å². The van der Waals surface area contributed by atoms with E-state index in [0.717, 1.165) is 30.8 Å². The molecule has 0 amide bonds. The second kappa shape index (κ2) is 9.20. The van der Waals surface area contributed by atoms with Crippen molar-refractivity contribution < 1.29 is 4.52 Å². The van der Waals surface area contributed by atoms with Crippen LogP contribution in [0.4, 0.5) is 5.82 Å². The number of nitrogens with one attached hydrogen (secondary N) is 2. The van der Waals surface area contributed by atoms with Crippen LogP contribution in [0, 0.1) is 0 Å². The second-order valence-electron chi connectivity index (χ2n) is 7.84. The molecule has 0 spiro atoms. The van der Waals surface area contributed by atoms with Gasteiger partial charge in [-0.05, 0) is 49.6 Å². The fourth-order valence-corrected chi connectivity index (χ4v) is 3.87. The lowest BCUT2D eigenvalue weighted by Crippen LogP contribution is -2.44. The van der Waals surface area contributed by atoms with Gasteiger partial charge in [0.1, 0.15) is 5.82 Å². The highest BCUT2D eigenvalue weighted by Crippen LogP contribution is 2.25. The van der Waals surface area contributed by atoms with Crippen LogP contribution in [-0.4, -0.2) is 28.8 Å². The van der Waals surface area contributed by atoms with Crippen molar-refractivity contribution in [3.63, 3.8) is 0 Å². The summed E-state index contributed by atoms with van der Waals surface area (Å²) in [7, 11) is 0. The number of aromatic nitrogens is 2. The minimum Gasteiger partial charge on any atom is -0.383 e. The molecule has 152 valence electrons.